The number of nitrogens with zero attached hydrogens (tertiary/aromatic N) is 1. The van der Waals surface area contributed by atoms with Gasteiger partial charge in [-0.2, -0.15) is 5.10 Å². The summed E-state index contributed by atoms with van der Waals surface area (Å²) in [6, 6.07) is 13.7. The Kier molecular flexibility index (Phi) is 6.58. The van der Waals surface area contributed by atoms with Crippen molar-refractivity contribution in [3.63, 3.8) is 0 Å². The number of hydrogen-bond acceptors (Lipinski definition) is 6. The molecule has 8 heteroatoms. The number of carbonyl (C=O) groups excluding carboxylic acids is 3. The Morgan fingerprint density at radius 3 is 2.44 bits per heavy atom. The number of rotatable bonds is 5. The Hall–Kier alpha value is -4.20. The lowest BCUT2D eigenvalue weighted by Crippen LogP contribution is -2.22. The van der Waals surface area contributed by atoms with Crippen LogP contribution in [-0.2, 0) is 11.2 Å². The fourth-order valence-corrected chi connectivity index (χ4v) is 3.96. The number of anilines is 1. The molecule has 2 aromatic carbocycles. The Balaban J connectivity index is 1.53. The van der Waals surface area contributed by atoms with Crippen molar-refractivity contribution in [2.45, 2.75) is 33.1 Å². The summed E-state index contributed by atoms with van der Waals surface area (Å²) in [5, 5.41) is 7.15. The maximum absolute atomic E-state index is 12.9. The zero-order valence-electron chi connectivity index (χ0n) is 19.2. The summed E-state index contributed by atoms with van der Waals surface area (Å²) in [7, 11) is 1.31. The zero-order chi connectivity index (χ0) is 24.2. The third-order valence-corrected chi connectivity index (χ3v) is 5.67. The van der Waals surface area contributed by atoms with Gasteiger partial charge in [0.1, 0.15) is 5.76 Å². The van der Waals surface area contributed by atoms with Gasteiger partial charge in [0.25, 0.3) is 11.8 Å². The van der Waals surface area contributed by atoms with E-state index in [0.717, 1.165) is 17.5 Å². The quantitative estimate of drug-likeness (QED) is 0.434. The first-order valence-electron chi connectivity index (χ1n) is 10.9. The van der Waals surface area contributed by atoms with E-state index in [4.69, 9.17) is 4.42 Å². The van der Waals surface area contributed by atoms with Crippen molar-refractivity contribution in [1.82, 2.24) is 5.43 Å². The van der Waals surface area contributed by atoms with Crippen LogP contribution in [0, 0.1) is 13.8 Å². The molecule has 4 rings (SSSR count). The van der Waals surface area contributed by atoms with Crippen molar-refractivity contribution in [2.24, 2.45) is 5.10 Å². The van der Waals surface area contributed by atoms with Crippen molar-refractivity contribution in [3.05, 3.63) is 87.9 Å². The molecular weight excluding hydrogens is 434 g/mol. The lowest BCUT2D eigenvalue weighted by Gasteiger charge is -2.13. The largest absolute Gasteiger partial charge is 0.465 e. The maximum atomic E-state index is 12.9. The molecule has 0 saturated heterocycles. The summed E-state index contributed by atoms with van der Waals surface area (Å²) in [4.78, 5) is 37.0. The molecule has 174 valence electrons. The minimum Gasteiger partial charge on any atom is -0.465 e. The molecule has 0 atom stereocenters. The van der Waals surface area contributed by atoms with Crippen LogP contribution in [0.25, 0.3) is 0 Å². The topological polar surface area (TPSA) is 110 Å². The SMILES string of the molecule is COC(=O)c1ccc(NC(=O)c2oc3c(c2C)/C(=N/NC(=O)c2cccc(C)c2)CCC3)cc1. The highest BCUT2D eigenvalue weighted by Gasteiger charge is 2.28. The lowest BCUT2D eigenvalue weighted by molar-refractivity contribution is 0.0600. The third kappa shape index (κ3) is 4.76. The van der Waals surface area contributed by atoms with Crippen molar-refractivity contribution in [1.29, 1.82) is 0 Å². The van der Waals surface area contributed by atoms with Crippen LogP contribution in [-0.4, -0.2) is 30.6 Å². The fourth-order valence-electron chi connectivity index (χ4n) is 3.96. The zero-order valence-corrected chi connectivity index (χ0v) is 19.2. The van der Waals surface area contributed by atoms with E-state index in [1.807, 2.05) is 19.1 Å². The Labute approximate surface area is 197 Å². The number of furan rings is 1. The molecule has 3 aromatic rings. The first-order valence-corrected chi connectivity index (χ1v) is 10.9. The van der Waals surface area contributed by atoms with Crippen LogP contribution < -0.4 is 10.7 Å². The van der Waals surface area contributed by atoms with E-state index in [-0.39, 0.29) is 11.7 Å². The Morgan fingerprint density at radius 2 is 1.74 bits per heavy atom. The van der Waals surface area contributed by atoms with Crippen LogP contribution >= 0.6 is 0 Å². The van der Waals surface area contributed by atoms with Crippen molar-refractivity contribution >= 4 is 29.2 Å². The summed E-state index contributed by atoms with van der Waals surface area (Å²) < 4.78 is 10.6. The molecule has 1 aliphatic carbocycles. The number of hydrogen-bond donors (Lipinski definition) is 2. The smallest absolute Gasteiger partial charge is 0.337 e. The van der Waals surface area contributed by atoms with Crippen molar-refractivity contribution in [2.75, 3.05) is 12.4 Å². The molecule has 0 unspecified atom stereocenters. The van der Waals surface area contributed by atoms with E-state index in [9.17, 15) is 14.4 Å². The first-order chi connectivity index (χ1) is 16.4. The standard InChI is InChI=1S/C26H25N3O5/c1-15-6-4-7-18(14-15)24(30)29-28-20-8-5-9-21-22(20)16(2)23(34-21)25(31)27-19-12-10-17(11-13-19)26(32)33-3/h4,6-7,10-14H,5,8-9H2,1-3H3,(H,27,31)(H,29,30)/b28-20+. The number of esters is 1. The van der Waals surface area contributed by atoms with E-state index < -0.39 is 11.9 Å². The van der Waals surface area contributed by atoms with E-state index in [1.54, 1.807) is 43.3 Å². The number of benzene rings is 2. The molecule has 0 radical (unpaired) electrons. The van der Waals surface area contributed by atoms with Crippen LogP contribution in [0.2, 0.25) is 0 Å². The number of ether oxygens (including phenoxy) is 1. The van der Waals surface area contributed by atoms with E-state index in [0.29, 0.717) is 46.7 Å². The summed E-state index contributed by atoms with van der Waals surface area (Å²) >= 11 is 0. The number of methoxy groups -OCH3 is 1. The molecule has 0 saturated carbocycles. The van der Waals surface area contributed by atoms with Gasteiger partial charge in [0.2, 0.25) is 0 Å². The van der Waals surface area contributed by atoms with Gasteiger partial charge in [0.05, 0.1) is 18.4 Å². The molecule has 8 nitrogen and oxygen atoms in total. The number of amides is 2. The van der Waals surface area contributed by atoms with Crippen LogP contribution in [0.3, 0.4) is 0 Å². The summed E-state index contributed by atoms with van der Waals surface area (Å²) in [5.74, 6) is -0.271. The molecule has 0 aliphatic heterocycles. The fraction of sp³-hybridized carbons (Fsp3) is 0.231. The van der Waals surface area contributed by atoms with Crippen LogP contribution in [0.5, 0.6) is 0 Å². The molecule has 1 aromatic heterocycles. The average molecular weight is 460 g/mol. The molecule has 0 spiro atoms. The molecule has 0 bridgehead atoms. The van der Waals surface area contributed by atoms with E-state index in [1.165, 1.54) is 7.11 Å². The second kappa shape index (κ2) is 9.74. The number of aryl methyl sites for hydroxylation is 2. The highest BCUT2D eigenvalue weighted by Crippen LogP contribution is 2.30. The number of fused-ring (bicyclic) bond motifs is 1. The summed E-state index contributed by atoms with van der Waals surface area (Å²) in [5.41, 5.74) is 7.17. The molecule has 2 N–H and O–H groups in total. The summed E-state index contributed by atoms with van der Waals surface area (Å²) in [6.45, 7) is 3.73. The van der Waals surface area contributed by atoms with Gasteiger partial charge in [-0.05, 0) is 63.1 Å². The van der Waals surface area contributed by atoms with Gasteiger partial charge in [-0.1, -0.05) is 17.7 Å². The van der Waals surface area contributed by atoms with Crippen molar-refractivity contribution in [3.8, 4) is 0 Å². The van der Waals surface area contributed by atoms with Gasteiger partial charge >= 0.3 is 5.97 Å². The van der Waals surface area contributed by atoms with Crippen LogP contribution in [0.4, 0.5) is 5.69 Å². The van der Waals surface area contributed by atoms with Gasteiger partial charge in [0, 0.05) is 28.8 Å². The molecule has 2 amide bonds. The second-order valence-electron chi connectivity index (χ2n) is 8.10. The van der Waals surface area contributed by atoms with Gasteiger partial charge in [-0.3, -0.25) is 9.59 Å². The normalized spacial score (nSPS) is 13.8. The minimum absolute atomic E-state index is 0.196. The lowest BCUT2D eigenvalue weighted by atomic mass is 9.93. The Bertz CT molecular complexity index is 1290. The maximum Gasteiger partial charge on any atom is 0.337 e. The van der Waals surface area contributed by atoms with Crippen LogP contribution in [0.15, 0.2) is 58.0 Å². The summed E-state index contributed by atoms with van der Waals surface area (Å²) in [6.07, 6.45) is 2.15. The number of nitrogens with one attached hydrogen (secondary N) is 2. The molecule has 1 aliphatic rings. The number of hydrazone groups is 1. The predicted molar refractivity (Wildman–Crippen MR) is 127 cm³/mol. The molecule has 0 fully saturated rings. The average Bonchev–Trinajstić information content (AvgIpc) is 3.19. The third-order valence-electron chi connectivity index (χ3n) is 5.67. The van der Waals surface area contributed by atoms with Gasteiger partial charge in [-0.25, -0.2) is 10.2 Å². The predicted octanol–water partition coefficient (Wildman–Crippen LogP) is 4.41. The number of carbonyl (C=O) groups is 3. The Morgan fingerprint density at radius 1 is 0.971 bits per heavy atom. The first kappa shape index (κ1) is 23.0. The van der Waals surface area contributed by atoms with Gasteiger partial charge in [-0.15, -0.1) is 0 Å². The monoisotopic (exact) mass is 459 g/mol. The second-order valence-corrected chi connectivity index (χ2v) is 8.10. The van der Waals surface area contributed by atoms with Gasteiger partial charge < -0.3 is 14.5 Å². The van der Waals surface area contributed by atoms with Crippen molar-refractivity contribution < 1.29 is 23.5 Å². The minimum atomic E-state index is -0.450. The highest BCUT2D eigenvalue weighted by atomic mass is 16.5. The van der Waals surface area contributed by atoms with Crippen LogP contribution in [0.1, 0.15) is 66.6 Å². The van der Waals surface area contributed by atoms with E-state index >= 15 is 0 Å². The molecular formula is C26H25N3O5. The van der Waals surface area contributed by atoms with E-state index in [2.05, 4.69) is 20.6 Å². The molecule has 34 heavy (non-hydrogen) atoms. The molecule has 1 heterocycles. The highest BCUT2D eigenvalue weighted by molar-refractivity contribution is 6.09. The van der Waals surface area contributed by atoms with Gasteiger partial charge in [0.15, 0.2) is 5.76 Å².